The van der Waals surface area contributed by atoms with Crippen LogP contribution in [0.1, 0.15) is 34.0 Å². The second-order valence-electron chi connectivity index (χ2n) is 7.18. The first-order valence-corrected chi connectivity index (χ1v) is 10.8. The van der Waals surface area contributed by atoms with E-state index < -0.39 is 0 Å². The summed E-state index contributed by atoms with van der Waals surface area (Å²) in [6.07, 6.45) is 0. The fourth-order valence-electron chi connectivity index (χ4n) is 3.34. The van der Waals surface area contributed by atoms with E-state index in [-0.39, 0.29) is 5.91 Å². The number of carbonyl (C=O) groups excluding carboxylic acids is 1. The Hall–Kier alpha value is -3.18. The first-order valence-electron chi connectivity index (χ1n) is 10.0. The van der Waals surface area contributed by atoms with E-state index in [1.54, 1.807) is 16.2 Å². The van der Waals surface area contributed by atoms with Gasteiger partial charge in [0.15, 0.2) is 5.13 Å². The van der Waals surface area contributed by atoms with Gasteiger partial charge in [0.25, 0.3) is 5.91 Å². The van der Waals surface area contributed by atoms with Gasteiger partial charge in [0.05, 0.1) is 23.4 Å². The summed E-state index contributed by atoms with van der Waals surface area (Å²) in [5.41, 5.74) is 4.99. The Kier molecular flexibility index (Phi) is 5.81. The molecule has 0 fully saturated rings. The molecule has 0 spiro atoms. The van der Waals surface area contributed by atoms with Gasteiger partial charge in [-0.1, -0.05) is 47.7 Å². The molecule has 30 heavy (non-hydrogen) atoms. The lowest BCUT2D eigenvalue weighted by Crippen LogP contribution is -2.30. The number of hydrogen-bond donors (Lipinski definition) is 0. The number of anilines is 1. The van der Waals surface area contributed by atoms with E-state index in [2.05, 4.69) is 26.0 Å². The maximum Gasteiger partial charge on any atom is 0.260 e. The largest absolute Gasteiger partial charge is 0.494 e. The van der Waals surface area contributed by atoms with E-state index in [1.165, 1.54) is 5.56 Å². The van der Waals surface area contributed by atoms with E-state index in [0.29, 0.717) is 23.8 Å². The number of fused-ring (bicyclic) bond motifs is 1. The van der Waals surface area contributed by atoms with Gasteiger partial charge in [-0.05, 0) is 67.8 Å². The van der Waals surface area contributed by atoms with E-state index in [9.17, 15) is 4.79 Å². The lowest BCUT2D eigenvalue weighted by atomic mass is 10.1. The first kappa shape index (κ1) is 20.1. The number of rotatable bonds is 6. The van der Waals surface area contributed by atoms with Crippen molar-refractivity contribution in [3.05, 3.63) is 89.0 Å². The third-order valence-electron chi connectivity index (χ3n) is 5.15. The summed E-state index contributed by atoms with van der Waals surface area (Å²) in [6.45, 7) is 7.16. The molecule has 0 unspecified atom stereocenters. The van der Waals surface area contributed by atoms with Crippen molar-refractivity contribution in [2.24, 2.45) is 0 Å². The number of thiazole rings is 1. The Morgan fingerprint density at radius 1 is 1.00 bits per heavy atom. The van der Waals surface area contributed by atoms with Crippen LogP contribution in [0.2, 0.25) is 0 Å². The van der Waals surface area contributed by atoms with E-state index in [1.807, 2.05) is 61.5 Å². The number of amides is 1. The van der Waals surface area contributed by atoms with Crippen LogP contribution < -0.4 is 9.64 Å². The molecule has 0 atom stereocenters. The standard InChI is InChI=1S/C25H24N2O2S/c1-4-29-21-13-11-20(12-14-21)24(28)27(16-19-8-6-5-7-9-19)25-26-23-18(3)17(2)10-15-22(23)30-25/h5-15H,4,16H2,1-3H3. The summed E-state index contributed by atoms with van der Waals surface area (Å²) >= 11 is 1.55. The molecule has 1 heterocycles. The Morgan fingerprint density at radius 3 is 2.43 bits per heavy atom. The highest BCUT2D eigenvalue weighted by Crippen LogP contribution is 2.33. The number of benzene rings is 3. The molecule has 0 aliphatic rings. The molecule has 0 bridgehead atoms. The second-order valence-corrected chi connectivity index (χ2v) is 8.19. The summed E-state index contributed by atoms with van der Waals surface area (Å²) in [5, 5.41) is 0.710. The molecule has 152 valence electrons. The molecular formula is C25H24N2O2S. The van der Waals surface area contributed by atoms with Crippen LogP contribution in [0.5, 0.6) is 5.75 Å². The fraction of sp³-hybridized carbons (Fsp3) is 0.200. The van der Waals surface area contributed by atoms with Gasteiger partial charge in [-0.15, -0.1) is 0 Å². The average molecular weight is 417 g/mol. The number of ether oxygens (including phenoxy) is 1. The molecule has 4 aromatic rings. The van der Waals surface area contributed by atoms with Gasteiger partial charge in [-0.3, -0.25) is 9.69 Å². The minimum Gasteiger partial charge on any atom is -0.494 e. The zero-order chi connectivity index (χ0) is 21.1. The monoisotopic (exact) mass is 416 g/mol. The molecule has 4 rings (SSSR count). The van der Waals surface area contributed by atoms with E-state index >= 15 is 0 Å². The van der Waals surface area contributed by atoms with Crippen molar-refractivity contribution in [2.75, 3.05) is 11.5 Å². The van der Waals surface area contributed by atoms with Crippen LogP contribution >= 0.6 is 11.3 Å². The molecule has 0 N–H and O–H groups in total. The topological polar surface area (TPSA) is 42.4 Å². The molecule has 1 amide bonds. The predicted octanol–water partition coefficient (Wildman–Crippen LogP) is 6.16. The van der Waals surface area contributed by atoms with Crippen LogP contribution in [0.3, 0.4) is 0 Å². The molecule has 0 radical (unpaired) electrons. The van der Waals surface area contributed by atoms with Gasteiger partial charge in [0.2, 0.25) is 0 Å². The number of aromatic nitrogens is 1. The van der Waals surface area contributed by atoms with Crippen molar-refractivity contribution in [1.82, 2.24) is 4.98 Å². The SMILES string of the molecule is CCOc1ccc(C(=O)N(Cc2ccccc2)c2nc3c(C)c(C)ccc3s2)cc1. The van der Waals surface area contributed by atoms with E-state index in [4.69, 9.17) is 9.72 Å². The van der Waals surface area contributed by atoms with Crippen molar-refractivity contribution in [3.63, 3.8) is 0 Å². The summed E-state index contributed by atoms with van der Waals surface area (Å²) in [7, 11) is 0. The van der Waals surface area contributed by atoms with Gasteiger partial charge in [0.1, 0.15) is 5.75 Å². The van der Waals surface area contributed by atoms with Crippen molar-refractivity contribution in [2.45, 2.75) is 27.3 Å². The molecule has 0 aliphatic carbocycles. The number of aryl methyl sites for hydroxylation is 2. The smallest absolute Gasteiger partial charge is 0.260 e. The van der Waals surface area contributed by atoms with Gasteiger partial charge >= 0.3 is 0 Å². The fourth-order valence-corrected chi connectivity index (χ4v) is 4.36. The molecule has 3 aromatic carbocycles. The van der Waals surface area contributed by atoms with Gasteiger partial charge in [-0.2, -0.15) is 0 Å². The number of carbonyl (C=O) groups is 1. The minimum absolute atomic E-state index is 0.0738. The molecule has 4 nitrogen and oxygen atoms in total. The number of nitrogens with zero attached hydrogens (tertiary/aromatic N) is 2. The molecule has 0 saturated carbocycles. The van der Waals surface area contributed by atoms with Gasteiger partial charge < -0.3 is 4.74 Å². The van der Waals surface area contributed by atoms with Crippen molar-refractivity contribution in [3.8, 4) is 5.75 Å². The van der Waals surface area contributed by atoms with Crippen LogP contribution in [0.4, 0.5) is 5.13 Å². The Bertz CT molecular complexity index is 1170. The summed E-state index contributed by atoms with van der Waals surface area (Å²) in [6, 6.07) is 21.5. The second kappa shape index (κ2) is 8.67. The molecule has 0 saturated heterocycles. The lowest BCUT2D eigenvalue weighted by molar-refractivity contribution is 0.0985. The van der Waals surface area contributed by atoms with Crippen molar-refractivity contribution < 1.29 is 9.53 Å². The Balaban J connectivity index is 1.74. The first-order chi connectivity index (χ1) is 14.6. The van der Waals surface area contributed by atoms with Crippen molar-refractivity contribution >= 4 is 32.6 Å². The van der Waals surface area contributed by atoms with Crippen LogP contribution in [-0.4, -0.2) is 17.5 Å². The van der Waals surface area contributed by atoms with Gasteiger partial charge in [0, 0.05) is 5.56 Å². The quantitative estimate of drug-likeness (QED) is 0.378. The Morgan fingerprint density at radius 2 is 1.73 bits per heavy atom. The summed E-state index contributed by atoms with van der Waals surface area (Å²) in [4.78, 5) is 20.1. The van der Waals surface area contributed by atoms with Crippen LogP contribution in [0.15, 0.2) is 66.7 Å². The third kappa shape index (κ3) is 4.07. The molecule has 5 heteroatoms. The molecule has 1 aromatic heterocycles. The lowest BCUT2D eigenvalue weighted by Gasteiger charge is -2.20. The third-order valence-corrected chi connectivity index (χ3v) is 6.19. The zero-order valence-electron chi connectivity index (χ0n) is 17.4. The highest BCUT2D eigenvalue weighted by Gasteiger charge is 2.22. The highest BCUT2D eigenvalue weighted by molar-refractivity contribution is 7.22. The minimum atomic E-state index is -0.0738. The average Bonchev–Trinajstić information content (AvgIpc) is 3.20. The van der Waals surface area contributed by atoms with Gasteiger partial charge in [-0.25, -0.2) is 4.98 Å². The maximum atomic E-state index is 13.5. The normalized spacial score (nSPS) is 10.9. The molecular weight excluding hydrogens is 392 g/mol. The summed E-state index contributed by atoms with van der Waals surface area (Å²) < 4.78 is 6.60. The predicted molar refractivity (Wildman–Crippen MR) is 124 cm³/mol. The summed E-state index contributed by atoms with van der Waals surface area (Å²) in [5.74, 6) is 0.685. The van der Waals surface area contributed by atoms with E-state index in [0.717, 1.165) is 27.1 Å². The number of hydrogen-bond acceptors (Lipinski definition) is 4. The van der Waals surface area contributed by atoms with Crippen LogP contribution in [0.25, 0.3) is 10.2 Å². The molecule has 0 aliphatic heterocycles. The van der Waals surface area contributed by atoms with Crippen LogP contribution in [-0.2, 0) is 6.54 Å². The maximum absolute atomic E-state index is 13.5. The highest BCUT2D eigenvalue weighted by atomic mass is 32.1. The van der Waals surface area contributed by atoms with Crippen molar-refractivity contribution in [1.29, 1.82) is 0 Å². The van der Waals surface area contributed by atoms with Crippen LogP contribution in [0, 0.1) is 13.8 Å². The zero-order valence-corrected chi connectivity index (χ0v) is 18.2. The Labute approximate surface area is 180 Å².